The number of amides is 1. The maximum Gasteiger partial charge on any atom is 0.287 e. The first-order chi connectivity index (χ1) is 7.27. The van der Waals surface area contributed by atoms with E-state index >= 15 is 0 Å². The first-order valence-corrected chi connectivity index (χ1v) is 5.43. The maximum absolute atomic E-state index is 11.4. The zero-order chi connectivity index (χ0) is 11.1. The number of carbonyl (C=O) groups is 1. The minimum absolute atomic E-state index is 0. The molecule has 1 rings (SSSR count). The molecule has 0 unspecified atom stereocenters. The molecule has 1 amide bonds. The van der Waals surface area contributed by atoms with Gasteiger partial charge in [0.15, 0.2) is 5.76 Å². The molecule has 0 saturated carbocycles. The van der Waals surface area contributed by atoms with Crippen LogP contribution in [0.5, 0.6) is 0 Å². The van der Waals surface area contributed by atoms with Gasteiger partial charge in [-0.2, -0.15) is 0 Å². The lowest BCUT2D eigenvalue weighted by Gasteiger charge is -2.14. The molecule has 2 N–H and O–H groups in total. The Labute approximate surface area is 102 Å². The number of hydrogen-bond acceptors (Lipinski definition) is 2. The highest BCUT2D eigenvalue weighted by molar-refractivity contribution is 5.91. The second kappa shape index (κ2) is 8.19. The van der Waals surface area contributed by atoms with Gasteiger partial charge in [-0.25, -0.2) is 0 Å². The molecule has 0 saturated heterocycles. The van der Waals surface area contributed by atoms with Gasteiger partial charge in [0, 0.05) is 0 Å². The van der Waals surface area contributed by atoms with E-state index in [-0.39, 0.29) is 18.3 Å². The van der Waals surface area contributed by atoms with E-state index in [1.54, 1.807) is 12.1 Å². The molecule has 5 heteroatoms. The van der Waals surface area contributed by atoms with Gasteiger partial charge in [-0.15, -0.1) is 0 Å². The van der Waals surface area contributed by atoms with Crippen molar-refractivity contribution >= 4 is 5.91 Å². The van der Waals surface area contributed by atoms with Crippen LogP contribution in [0.4, 0.5) is 0 Å². The Morgan fingerprint density at radius 2 is 2.12 bits per heavy atom. The quantitative estimate of drug-likeness (QED) is 0.560. The molecule has 0 aromatic carbocycles. The first-order valence-electron chi connectivity index (χ1n) is 5.43. The first kappa shape index (κ1) is 15.0. The molecule has 92 valence electrons. The minimum Gasteiger partial charge on any atom is -1.00 e. The summed E-state index contributed by atoms with van der Waals surface area (Å²) in [6.45, 7) is 8.12. The Hall–Kier alpha value is -1.00. The van der Waals surface area contributed by atoms with Crippen LogP contribution in [0.1, 0.15) is 24.4 Å². The molecule has 4 nitrogen and oxygen atoms in total. The highest BCUT2D eigenvalue weighted by Gasteiger charge is 2.08. The van der Waals surface area contributed by atoms with Crippen LogP contribution < -0.4 is 22.6 Å². The molecule has 0 aliphatic heterocycles. The van der Waals surface area contributed by atoms with E-state index < -0.39 is 0 Å². The fourth-order valence-corrected chi connectivity index (χ4v) is 1.45. The molecule has 0 spiro atoms. The van der Waals surface area contributed by atoms with E-state index in [1.165, 1.54) is 11.2 Å². The third kappa shape index (κ3) is 4.68. The fourth-order valence-electron chi connectivity index (χ4n) is 1.45. The van der Waals surface area contributed by atoms with E-state index in [4.69, 9.17) is 4.42 Å². The molecule has 0 aliphatic rings. The Balaban J connectivity index is 0.00000225. The summed E-state index contributed by atoms with van der Waals surface area (Å²) < 4.78 is 4.99. The molecule has 1 heterocycles. The summed E-state index contributed by atoms with van der Waals surface area (Å²) in [6.07, 6.45) is 1.50. The monoisotopic (exact) mass is 246 g/mol. The standard InChI is InChI=1S/C11H18N2O2.ClH/c1-3-13(4-2)8-7-12-11(14)10-6-5-9-15-10;/h5-6,9H,3-4,7-8H2,1-2H3,(H,12,14);1H. The summed E-state index contributed by atoms with van der Waals surface area (Å²) >= 11 is 0. The number of rotatable bonds is 6. The van der Waals surface area contributed by atoms with Gasteiger partial charge < -0.3 is 27.0 Å². The van der Waals surface area contributed by atoms with Crippen LogP contribution in [0.15, 0.2) is 22.8 Å². The Morgan fingerprint density at radius 1 is 1.44 bits per heavy atom. The van der Waals surface area contributed by atoms with Gasteiger partial charge in [0.1, 0.15) is 0 Å². The highest BCUT2D eigenvalue weighted by atomic mass is 35.5. The number of hydrogen-bond donors (Lipinski definition) is 2. The predicted octanol–water partition coefficient (Wildman–Crippen LogP) is -3.06. The molecular formula is C11H19ClN2O2. The van der Waals surface area contributed by atoms with Crippen LogP contribution in [-0.4, -0.2) is 32.1 Å². The maximum atomic E-state index is 11.4. The third-order valence-electron chi connectivity index (χ3n) is 2.51. The van der Waals surface area contributed by atoms with Gasteiger partial charge in [0.05, 0.1) is 32.4 Å². The number of likely N-dealkylation sites (N-methyl/N-ethyl adjacent to an activating group) is 1. The predicted molar refractivity (Wildman–Crippen MR) is 58.0 cm³/mol. The molecule has 0 aliphatic carbocycles. The molecule has 0 bridgehead atoms. The third-order valence-corrected chi connectivity index (χ3v) is 2.51. The van der Waals surface area contributed by atoms with Crippen LogP contribution in [0.3, 0.4) is 0 Å². The number of carbonyl (C=O) groups excluding carboxylic acids is 1. The lowest BCUT2D eigenvalue weighted by atomic mass is 10.4. The average Bonchev–Trinajstić information content (AvgIpc) is 2.77. The van der Waals surface area contributed by atoms with Gasteiger partial charge in [-0.05, 0) is 26.0 Å². The summed E-state index contributed by atoms with van der Waals surface area (Å²) in [6, 6.07) is 3.38. The lowest BCUT2D eigenvalue weighted by Crippen LogP contribution is -3.12. The zero-order valence-electron chi connectivity index (χ0n) is 9.75. The van der Waals surface area contributed by atoms with Crippen molar-refractivity contribution in [3.05, 3.63) is 24.2 Å². The topological polar surface area (TPSA) is 46.7 Å². The van der Waals surface area contributed by atoms with Crippen molar-refractivity contribution in [3.8, 4) is 0 Å². The van der Waals surface area contributed by atoms with Crippen molar-refractivity contribution in [3.63, 3.8) is 0 Å². The number of furan rings is 1. The molecule has 1 aromatic rings. The van der Waals surface area contributed by atoms with Crippen LogP contribution in [0.25, 0.3) is 0 Å². The summed E-state index contributed by atoms with van der Waals surface area (Å²) in [5.41, 5.74) is 0. The Morgan fingerprint density at radius 3 is 2.62 bits per heavy atom. The second-order valence-corrected chi connectivity index (χ2v) is 3.44. The van der Waals surface area contributed by atoms with Crippen LogP contribution >= 0.6 is 0 Å². The minimum atomic E-state index is -0.133. The van der Waals surface area contributed by atoms with E-state index in [9.17, 15) is 4.79 Å². The van der Waals surface area contributed by atoms with Crippen molar-refractivity contribution in [2.24, 2.45) is 0 Å². The fraction of sp³-hybridized carbons (Fsp3) is 0.545. The molecular weight excluding hydrogens is 228 g/mol. The number of nitrogens with one attached hydrogen (secondary N) is 2. The van der Waals surface area contributed by atoms with Gasteiger partial charge in [0.2, 0.25) is 0 Å². The molecule has 0 fully saturated rings. The van der Waals surface area contributed by atoms with E-state index in [0.29, 0.717) is 12.3 Å². The van der Waals surface area contributed by atoms with Gasteiger partial charge in [-0.1, -0.05) is 0 Å². The van der Waals surface area contributed by atoms with Crippen molar-refractivity contribution in [2.45, 2.75) is 13.8 Å². The van der Waals surface area contributed by atoms with Gasteiger partial charge >= 0.3 is 0 Å². The SMILES string of the molecule is CC[NH+](CC)CCNC(=O)c1ccco1.[Cl-]. The normalized spacial score (nSPS) is 9.94. The van der Waals surface area contributed by atoms with Gasteiger partial charge in [-0.3, -0.25) is 4.79 Å². The van der Waals surface area contributed by atoms with Crippen molar-refractivity contribution in [1.82, 2.24) is 5.32 Å². The van der Waals surface area contributed by atoms with Crippen molar-refractivity contribution in [1.29, 1.82) is 0 Å². The highest BCUT2D eigenvalue weighted by Crippen LogP contribution is 1.98. The summed E-state index contributed by atoms with van der Waals surface area (Å²) in [5, 5.41) is 2.83. The van der Waals surface area contributed by atoms with Crippen molar-refractivity contribution < 1.29 is 26.5 Å². The van der Waals surface area contributed by atoms with E-state index in [0.717, 1.165) is 19.6 Å². The summed E-state index contributed by atoms with van der Waals surface area (Å²) in [4.78, 5) is 12.9. The summed E-state index contributed by atoms with van der Waals surface area (Å²) in [5.74, 6) is 0.246. The van der Waals surface area contributed by atoms with Gasteiger partial charge in [0.25, 0.3) is 5.91 Å². The number of quaternary nitrogens is 1. The molecule has 0 atom stereocenters. The molecule has 0 radical (unpaired) electrons. The van der Waals surface area contributed by atoms with E-state index in [2.05, 4.69) is 19.2 Å². The Kier molecular flexibility index (Phi) is 7.68. The molecule has 16 heavy (non-hydrogen) atoms. The summed E-state index contributed by atoms with van der Waals surface area (Å²) in [7, 11) is 0. The largest absolute Gasteiger partial charge is 1.00 e. The van der Waals surface area contributed by atoms with Crippen LogP contribution in [0, 0.1) is 0 Å². The second-order valence-electron chi connectivity index (χ2n) is 3.44. The lowest BCUT2D eigenvalue weighted by molar-refractivity contribution is -0.895. The number of halogens is 1. The smallest absolute Gasteiger partial charge is 0.287 e. The molecule has 1 aromatic heterocycles. The van der Waals surface area contributed by atoms with Crippen molar-refractivity contribution in [2.75, 3.05) is 26.2 Å². The zero-order valence-corrected chi connectivity index (χ0v) is 10.5. The Bertz CT molecular complexity index is 284. The van der Waals surface area contributed by atoms with E-state index in [1.807, 2.05) is 0 Å². The van der Waals surface area contributed by atoms with Crippen LogP contribution in [-0.2, 0) is 0 Å². The van der Waals surface area contributed by atoms with Crippen LogP contribution in [0.2, 0.25) is 0 Å². The average molecular weight is 247 g/mol.